The number of nitrogens with one attached hydrogen (secondary N) is 1. The van der Waals surface area contributed by atoms with Crippen molar-refractivity contribution < 1.29 is 19.1 Å². The Hall–Kier alpha value is -3.63. The monoisotopic (exact) mass is 534 g/mol. The van der Waals surface area contributed by atoms with Crippen LogP contribution in [-0.2, 0) is 16.1 Å². The van der Waals surface area contributed by atoms with E-state index in [4.69, 9.17) is 20.2 Å². The number of aryl methyl sites for hydroxylation is 1. The Balaban J connectivity index is 1.27. The third-order valence-electron chi connectivity index (χ3n) is 7.83. The lowest BCUT2D eigenvalue weighted by Gasteiger charge is -2.35. The number of imidazole rings is 1. The lowest BCUT2D eigenvalue weighted by molar-refractivity contribution is -0.136. The van der Waals surface area contributed by atoms with Gasteiger partial charge in [0, 0.05) is 58.4 Å². The Morgan fingerprint density at radius 2 is 1.85 bits per heavy atom. The number of methoxy groups -OCH3 is 2. The fraction of sp³-hybridized carbons (Fsp3) is 0.483. The molecule has 1 unspecified atom stereocenters. The maximum Gasteiger partial charge on any atom is 0.322 e. The molecule has 3 heterocycles. The number of likely N-dealkylation sites (tertiary alicyclic amines) is 2. The van der Waals surface area contributed by atoms with Crippen LogP contribution in [0, 0.1) is 5.92 Å². The van der Waals surface area contributed by atoms with Gasteiger partial charge < -0.3 is 34.9 Å². The minimum absolute atomic E-state index is 0.0156. The lowest BCUT2D eigenvalue weighted by atomic mass is 9.94. The fourth-order valence-electron chi connectivity index (χ4n) is 5.83. The van der Waals surface area contributed by atoms with Gasteiger partial charge in [0.15, 0.2) is 0 Å². The van der Waals surface area contributed by atoms with Crippen LogP contribution in [0.15, 0.2) is 48.5 Å². The summed E-state index contributed by atoms with van der Waals surface area (Å²) in [6, 6.07) is 14.7. The van der Waals surface area contributed by atoms with E-state index in [9.17, 15) is 9.59 Å². The first-order chi connectivity index (χ1) is 19.0. The van der Waals surface area contributed by atoms with E-state index in [0.717, 1.165) is 42.7 Å². The van der Waals surface area contributed by atoms with E-state index in [0.29, 0.717) is 37.7 Å². The van der Waals surface area contributed by atoms with Crippen LogP contribution in [0.4, 0.5) is 10.5 Å². The molecule has 2 aliphatic heterocycles. The van der Waals surface area contributed by atoms with Crippen molar-refractivity contribution in [1.82, 2.24) is 19.4 Å². The zero-order valence-electron chi connectivity index (χ0n) is 22.7. The third kappa shape index (κ3) is 5.72. The number of ether oxygens (including phenoxy) is 2. The highest BCUT2D eigenvalue weighted by Crippen LogP contribution is 2.31. The van der Waals surface area contributed by atoms with Crippen LogP contribution in [0.2, 0.25) is 0 Å². The number of aromatic nitrogens is 2. The third-order valence-corrected chi connectivity index (χ3v) is 7.83. The number of carbonyl (C=O) groups is 2. The summed E-state index contributed by atoms with van der Waals surface area (Å²) in [6.07, 6.45) is 2.77. The first kappa shape index (κ1) is 27.0. The van der Waals surface area contributed by atoms with Crippen molar-refractivity contribution in [2.75, 3.05) is 52.3 Å². The van der Waals surface area contributed by atoms with E-state index in [1.54, 1.807) is 31.3 Å². The molecule has 3 amide bonds. The number of nitrogens with zero attached hydrogens (tertiary/aromatic N) is 4. The van der Waals surface area contributed by atoms with Gasteiger partial charge in [-0.15, -0.1) is 0 Å². The van der Waals surface area contributed by atoms with Gasteiger partial charge in [0.05, 0.1) is 29.7 Å². The smallest absolute Gasteiger partial charge is 0.322 e. The molecule has 0 radical (unpaired) electrons. The number of fused-ring (bicyclic) bond motifs is 1. The van der Waals surface area contributed by atoms with Gasteiger partial charge in [0.2, 0.25) is 5.91 Å². The number of nitrogens with two attached hydrogens (primary N) is 1. The summed E-state index contributed by atoms with van der Waals surface area (Å²) in [6.45, 7) is 3.40. The second-order valence-electron chi connectivity index (χ2n) is 10.4. The van der Waals surface area contributed by atoms with E-state index in [-0.39, 0.29) is 24.4 Å². The second kappa shape index (κ2) is 12.0. The molecule has 3 atom stereocenters. The van der Waals surface area contributed by atoms with Crippen LogP contribution in [0.1, 0.15) is 31.0 Å². The van der Waals surface area contributed by atoms with Crippen LogP contribution in [0.25, 0.3) is 11.0 Å². The van der Waals surface area contributed by atoms with Crippen LogP contribution in [-0.4, -0.2) is 84.3 Å². The maximum absolute atomic E-state index is 13.7. The molecule has 2 aromatic carbocycles. The highest BCUT2D eigenvalue weighted by atomic mass is 16.5. The Morgan fingerprint density at radius 1 is 1.05 bits per heavy atom. The summed E-state index contributed by atoms with van der Waals surface area (Å²) >= 11 is 0. The minimum atomic E-state index is -0.437. The Labute approximate surface area is 229 Å². The molecule has 0 spiro atoms. The number of urea groups is 1. The average molecular weight is 535 g/mol. The normalized spacial score (nSPS) is 21.4. The number of carbonyl (C=O) groups excluding carboxylic acids is 2. The van der Waals surface area contributed by atoms with Gasteiger partial charge in [-0.25, -0.2) is 9.78 Å². The topological polar surface area (TPSA) is 115 Å². The molecule has 39 heavy (non-hydrogen) atoms. The van der Waals surface area contributed by atoms with E-state index in [1.165, 1.54) is 0 Å². The molecule has 0 bridgehead atoms. The number of hydrogen-bond acceptors (Lipinski definition) is 6. The van der Waals surface area contributed by atoms with Crippen LogP contribution < -0.4 is 15.8 Å². The zero-order chi connectivity index (χ0) is 27.4. The maximum atomic E-state index is 13.7. The highest BCUT2D eigenvalue weighted by Gasteiger charge is 2.41. The quantitative estimate of drug-likeness (QED) is 0.429. The van der Waals surface area contributed by atoms with Crippen molar-refractivity contribution >= 4 is 28.7 Å². The standard InChI is InChI=1S/C29H38N6O4/c1-38-16-8-15-35-25-12-5-3-10-23(25)31-27(35)20-9-7-14-33(17-20)28(36)21-18-34(19-22(21)30)29(37)32-24-11-4-6-13-26(24)39-2/h3-6,10-13,20-22H,7-9,14-19,30H2,1-2H3,(H,32,37)/t20?,21-,22-/m1/s1. The molecule has 1 aromatic heterocycles. The van der Waals surface area contributed by atoms with Crippen molar-refractivity contribution in [2.45, 2.75) is 37.8 Å². The molecule has 0 saturated carbocycles. The van der Waals surface area contributed by atoms with Gasteiger partial charge in [0.25, 0.3) is 0 Å². The molecule has 2 fully saturated rings. The van der Waals surface area contributed by atoms with Crippen molar-refractivity contribution in [1.29, 1.82) is 0 Å². The molecule has 0 aliphatic carbocycles. The number of anilines is 1. The Kier molecular flexibility index (Phi) is 8.33. The average Bonchev–Trinajstić information content (AvgIpc) is 3.54. The van der Waals surface area contributed by atoms with Gasteiger partial charge in [-0.3, -0.25) is 4.79 Å². The number of amides is 3. The predicted octanol–water partition coefficient (Wildman–Crippen LogP) is 3.28. The summed E-state index contributed by atoms with van der Waals surface area (Å²) in [7, 11) is 3.28. The molecular formula is C29H38N6O4. The molecular weight excluding hydrogens is 496 g/mol. The summed E-state index contributed by atoms with van der Waals surface area (Å²) in [4.78, 5) is 35.3. The Bertz CT molecular complexity index is 1310. The SMILES string of the molecule is COCCCn1c(C2CCCN(C(=O)[C@@H]3CN(C(=O)Nc4ccccc4OC)C[C@H]3N)C2)nc2ccccc21. The number of piperidine rings is 1. The highest BCUT2D eigenvalue weighted by molar-refractivity contribution is 5.92. The van der Waals surface area contributed by atoms with E-state index < -0.39 is 12.0 Å². The summed E-state index contributed by atoms with van der Waals surface area (Å²) in [5.74, 6) is 1.32. The summed E-state index contributed by atoms with van der Waals surface area (Å²) < 4.78 is 12.9. The van der Waals surface area contributed by atoms with Crippen molar-refractivity contribution in [3.05, 3.63) is 54.4 Å². The van der Waals surface area contributed by atoms with Gasteiger partial charge in [-0.05, 0) is 43.5 Å². The van der Waals surface area contributed by atoms with Crippen LogP contribution in [0.5, 0.6) is 5.75 Å². The van der Waals surface area contributed by atoms with Gasteiger partial charge >= 0.3 is 6.03 Å². The molecule has 2 aliphatic rings. The number of benzene rings is 2. The van der Waals surface area contributed by atoms with Crippen molar-refractivity contribution in [3.8, 4) is 5.75 Å². The van der Waals surface area contributed by atoms with Gasteiger partial charge in [-0.1, -0.05) is 24.3 Å². The minimum Gasteiger partial charge on any atom is -0.495 e. The largest absolute Gasteiger partial charge is 0.495 e. The molecule has 3 aromatic rings. The number of hydrogen-bond donors (Lipinski definition) is 2. The summed E-state index contributed by atoms with van der Waals surface area (Å²) in [5, 5.41) is 2.89. The molecule has 208 valence electrons. The molecule has 10 nitrogen and oxygen atoms in total. The van der Waals surface area contributed by atoms with Crippen molar-refractivity contribution in [2.24, 2.45) is 11.7 Å². The second-order valence-corrected chi connectivity index (χ2v) is 10.4. The molecule has 10 heteroatoms. The van der Waals surface area contributed by atoms with E-state index in [1.807, 2.05) is 35.2 Å². The van der Waals surface area contributed by atoms with Crippen LogP contribution in [0.3, 0.4) is 0 Å². The van der Waals surface area contributed by atoms with E-state index in [2.05, 4.69) is 16.0 Å². The van der Waals surface area contributed by atoms with Gasteiger partial charge in [-0.2, -0.15) is 0 Å². The number of rotatable bonds is 8. The summed E-state index contributed by atoms with van der Waals surface area (Å²) in [5.41, 5.74) is 9.10. The molecule has 5 rings (SSSR count). The predicted molar refractivity (Wildman–Crippen MR) is 150 cm³/mol. The Morgan fingerprint density at radius 3 is 2.67 bits per heavy atom. The lowest BCUT2D eigenvalue weighted by Crippen LogP contribution is -2.47. The molecule has 2 saturated heterocycles. The first-order valence-corrected chi connectivity index (χ1v) is 13.7. The fourth-order valence-corrected chi connectivity index (χ4v) is 5.83. The van der Waals surface area contributed by atoms with Crippen molar-refractivity contribution in [3.63, 3.8) is 0 Å². The molecule has 3 N–H and O–H groups in total. The van der Waals surface area contributed by atoms with Gasteiger partial charge in [0.1, 0.15) is 11.6 Å². The zero-order valence-corrected chi connectivity index (χ0v) is 22.7. The number of para-hydroxylation sites is 4. The van der Waals surface area contributed by atoms with Crippen LogP contribution >= 0.6 is 0 Å². The first-order valence-electron chi connectivity index (χ1n) is 13.7. The van der Waals surface area contributed by atoms with E-state index >= 15 is 0 Å².